The van der Waals surface area contributed by atoms with Crippen molar-refractivity contribution in [3.05, 3.63) is 59.2 Å². The van der Waals surface area contributed by atoms with Gasteiger partial charge in [-0.25, -0.2) is 0 Å². The molecule has 0 bridgehead atoms. The number of carbonyl (C=O) groups excluding carboxylic acids is 1. The van der Waals surface area contributed by atoms with Crippen LogP contribution in [0.1, 0.15) is 36.0 Å². The zero-order valence-corrected chi connectivity index (χ0v) is 18.4. The molecule has 0 N–H and O–H groups in total. The van der Waals surface area contributed by atoms with Crippen molar-refractivity contribution in [2.75, 3.05) is 20.8 Å². The van der Waals surface area contributed by atoms with E-state index in [-0.39, 0.29) is 24.5 Å². The number of nitrogens with zero attached hydrogens (tertiary/aromatic N) is 2. The number of carbonyl (C=O) groups is 1. The van der Waals surface area contributed by atoms with Crippen molar-refractivity contribution in [3.8, 4) is 11.5 Å². The maximum atomic E-state index is 12.9. The van der Waals surface area contributed by atoms with Gasteiger partial charge in [0.2, 0.25) is 5.91 Å². The summed E-state index contributed by atoms with van der Waals surface area (Å²) >= 11 is 0. The number of rotatable bonds is 8. The molecule has 0 radical (unpaired) electrons. The van der Waals surface area contributed by atoms with E-state index in [4.69, 9.17) is 14.3 Å². The molecule has 1 aliphatic heterocycles. The summed E-state index contributed by atoms with van der Waals surface area (Å²) < 4.78 is 49.2. The average molecular weight is 462 g/mol. The van der Waals surface area contributed by atoms with Crippen molar-refractivity contribution in [2.45, 2.75) is 38.1 Å². The van der Waals surface area contributed by atoms with E-state index >= 15 is 0 Å². The highest BCUT2D eigenvalue weighted by Gasteiger charge is 2.36. The fourth-order valence-corrected chi connectivity index (χ4v) is 3.80. The van der Waals surface area contributed by atoms with Crippen LogP contribution in [0, 0.1) is 5.92 Å². The van der Waals surface area contributed by atoms with E-state index in [1.54, 1.807) is 25.2 Å². The Balaban J connectivity index is 1.43. The van der Waals surface area contributed by atoms with E-state index in [9.17, 15) is 18.0 Å². The van der Waals surface area contributed by atoms with Gasteiger partial charge in [-0.3, -0.25) is 4.79 Å². The minimum Gasteiger partial charge on any atom is -0.493 e. The second-order valence-electron chi connectivity index (χ2n) is 8.23. The van der Waals surface area contributed by atoms with E-state index in [2.05, 4.69) is 5.16 Å². The summed E-state index contributed by atoms with van der Waals surface area (Å²) in [7, 11) is 3.12. The van der Waals surface area contributed by atoms with E-state index in [1.165, 1.54) is 12.1 Å². The lowest BCUT2D eigenvalue weighted by Gasteiger charge is -2.25. The topological polar surface area (TPSA) is 60.4 Å². The zero-order chi connectivity index (χ0) is 23.6. The number of halogens is 3. The molecule has 1 fully saturated rings. The van der Waals surface area contributed by atoms with Gasteiger partial charge in [0, 0.05) is 24.4 Å². The summed E-state index contributed by atoms with van der Waals surface area (Å²) in [5.41, 5.74) is 1.49. The Morgan fingerprint density at radius 2 is 1.79 bits per heavy atom. The molecule has 2 aromatic carbocycles. The van der Waals surface area contributed by atoms with Gasteiger partial charge in [-0.15, -0.1) is 0 Å². The smallest absolute Gasteiger partial charge is 0.416 e. The Labute approximate surface area is 189 Å². The predicted octanol–water partition coefficient (Wildman–Crippen LogP) is 4.65. The number of ether oxygens (including phenoxy) is 2. The van der Waals surface area contributed by atoms with Crippen molar-refractivity contribution in [3.63, 3.8) is 0 Å². The van der Waals surface area contributed by atoms with Gasteiger partial charge in [-0.1, -0.05) is 17.3 Å². The summed E-state index contributed by atoms with van der Waals surface area (Å²) in [6.45, 7) is 0.523. The zero-order valence-electron chi connectivity index (χ0n) is 18.4. The molecule has 176 valence electrons. The van der Waals surface area contributed by atoms with Crippen molar-refractivity contribution in [1.82, 2.24) is 4.90 Å². The van der Waals surface area contributed by atoms with E-state index in [0.717, 1.165) is 36.2 Å². The van der Waals surface area contributed by atoms with Gasteiger partial charge >= 0.3 is 6.18 Å². The van der Waals surface area contributed by atoms with Gasteiger partial charge < -0.3 is 19.2 Å². The molecule has 1 heterocycles. The normalized spacial score (nSPS) is 17.8. The predicted molar refractivity (Wildman–Crippen MR) is 115 cm³/mol. The monoisotopic (exact) mass is 462 g/mol. The van der Waals surface area contributed by atoms with Gasteiger partial charge in [0.05, 0.1) is 32.0 Å². The quantitative estimate of drug-likeness (QED) is 0.573. The number of alkyl halides is 3. The first-order valence-electron chi connectivity index (χ1n) is 10.7. The standard InChI is InChI=1S/C24H25F3N2O4/c1-31-21-10-7-17(11-22(21)32-2)20-12-19(33-28-20)14-29(23(30)16-5-6-16)13-15-3-8-18(9-4-15)24(25,26)27/h3-4,7-11,16,19H,5-6,12-14H2,1-2H3. The van der Waals surface area contributed by atoms with Crippen LogP contribution in [0.5, 0.6) is 11.5 Å². The molecule has 0 aromatic heterocycles. The van der Waals surface area contributed by atoms with Crippen LogP contribution < -0.4 is 9.47 Å². The Kier molecular flexibility index (Phi) is 6.49. The fraction of sp³-hybridized carbons (Fsp3) is 0.417. The number of benzene rings is 2. The highest BCUT2D eigenvalue weighted by molar-refractivity contribution is 6.01. The minimum absolute atomic E-state index is 0.00179. The second kappa shape index (κ2) is 9.33. The molecule has 1 unspecified atom stereocenters. The van der Waals surface area contributed by atoms with Crippen LogP contribution >= 0.6 is 0 Å². The van der Waals surface area contributed by atoms with Crippen molar-refractivity contribution < 1.29 is 32.3 Å². The minimum atomic E-state index is -4.39. The second-order valence-corrected chi connectivity index (χ2v) is 8.23. The Morgan fingerprint density at radius 3 is 2.39 bits per heavy atom. The first-order chi connectivity index (χ1) is 15.8. The first-order valence-corrected chi connectivity index (χ1v) is 10.7. The molecular formula is C24H25F3N2O4. The van der Waals surface area contributed by atoms with E-state index in [1.807, 2.05) is 12.1 Å². The van der Waals surface area contributed by atoms with Crippen LogP contribution in [0.2, 0.25) is 0 Å². The van der Waals surface area contributed by atoms with Crippen LogP contribution in [-0.4, -0.2) is 43.4 Å². The summed E-state index contributed by atoms with van der Waals surface area (Å²) in [4.78, 5) is 20.1. The van der Waals surface area contributed by atoms with Crippen LogP contribution in [0.3, 0.4) is 0 Å². The molecule has 9 heteroatoms. The molecule has 1 atom stereocenters. The summed E-state index contributed by atoms with van der Waals surface area (Å²) in [5, 5.41) is 4.19. The van der Waals surface area contributed by atoms with Crippen molar-refractivity contribution >= 4 is 11.6 Å². The molecule has 6 nitrogen and oxygen atoms in total. The van der Waals surface area contributed by atoms with Crippen LogP contribution in [0.4, 0.5) is 13.2 Å². The van der Waals surface area contributed by atoms with Crippen LogP contribution in [0.25, 0.3) is 0 Å². The third-order valence-electron chi connectivity index (χ3n) is 5.77. The lowest BCUT2D eigenvalue weighted by atomic mass is 10.0. The third kappa shape index (κ3) is 5.40. The molecule has 1 aliphatic carbocycles. The first kappa shape index (κ1) is 22.9. The Morgan fingerprint density at radius 1 is 1.09 bits per heavy atom. The maximum absolute atomic E-state index is 12.9. The number of hydrogen-bond acceptors (Lipinski definition) is 5. The summed E-state index contributed by atoms with van der Waals surface area (Å²) in [6.07, 6.45) is -2.57. The molecule has 2 aliphatic rings. The third-order valence-corrected chi connectivity index (χ3v) is 5.77. The van der Waals surface area contributed by atoms with E-state index in [0.29, 0.717) is 30.0 Å². The SMILES string of the molecule is COc1ccc(C2=NOC(CN(Cc3ccc(C(F)(F)F)cc3)C(=O)C3CC3)C2)cc1OC. The molecule has 0 spiro atoms. The lowest BCUT2D eigenvalue weighted by molar-refractivity contribution is -0.138. The van der Waals surface area contributed by atoms with Crippen molar-refractivity contribution in [1.29, 1.82) is 0 Å². The number of methoxy groups -OCH3 is 2. The van der Waals surface area contributed by atoms with Crippen LogP contribution in [-0.2, 0) is 22.4 Å². The van der Waals surface area contributed by atoms with Gasteiger partial charge in [-0.05, 0) is 48.7 Å². The number of amides is 1. The summed E-state index contributed by atoms with van der Waals surface area (Å²) in [5.74, 6) is 1.16. The molecule has 2 aromatic rings. The fourth-order valence-electron chi connectivity index (χ4n) is 3.80. The summed E-state index contributed by atoms with van der Waals surface area (Å²) in [6, 6.07) is 10.4. The van der Waals surface area contributed by atoms with Crippen molar-refractivity contribution in [2.24, 2.45) is 11.1 Å². The molecule has 1 amide bonds. The Hall–Kier alpha value is -3.23. The highest BCUT2D eigenvalue weighted by atomic mass is 19.4. The van der Waals surface area contributed by atoms with Gasteiger partial charge in [0.25, 0.3) is 0 Å². The molecule has 33 heavy (non-hydrogen) atoms. The lowest BCUT2D eigenvalue weighted by Crippen LogP contribution is -2.38. The van der Waals surface area contributed by atoms with Gasteiger partial charge in [-0.2, -0.15) is 13.2 Å². The molecular weight excluding hydrogens is 437 g/mol. The largest absolute Gasteiger partial charge is 0.493 e. The number of oxime groups is 1. The van der Waals surface area contributed by atoms with E-state index < -0.39 is 11.7 Å². The maximum Gasteiger partial charge on any atom is 0.416 e. The Bertz CT molecular complexity index is 1030. The van der Waals surface area contributed by atoms with Crippen LogP contribution in [0.15, 0.2) is 47.6 Å². The molecule has 1 saturated carbocycles. The highest BCUT2D eigenvalue weighted by Crippen LogP contribution is 2.34. The molecule has 4 rings (SSSR count). The van der Waals surface area contributed by atoms with Gasteiger partial charge in [0.1, 0.15) is 0 Å². The average Bonchev–Trinajstić information content (AvgIpc) is 3.56. The number of hydrogen-bond donors (Lipinski definition) is 0. The molecule has 0 saturated heterocycles. The van der Waals surface area contributed by atoms with Gasteiger partial charge in [0.15, 0.2) is 17.6 Å².